The van der Waals surface area contributed by atoms with Crippen molar-refractivity contribution >= 4 is 31.0 Å². The SMILES string of the molecule is COCOc1c(C)cc(C)cc1P(c1cc(C)cc(C)c1OCOC)[Si](C)(C)c1ccccc1. The van der Waals surface area contributed by atoms with E-state index in [0.29, 0.717) is 0 Å². The highest BCUT2D eigenvalue weighted by atomic mass is 31.4. The first-order chi connectivity index (χ1) is 16.2. The van der Waals surface area contributed by atoms with Crippen molar-refractivity contribution in [2.24, 2.45) is 0 Å². The van der Waals surface area contributed by atoms with Crippen LogP contribution in [-0.4, -0.2) is 35.5 Å². The maximum Gasteiger partial charge on any atom is 0.188 e. The van der Waals surface area contributed by atoms with Gasteiger partial charge >= 0.3 is 0 Å². The van der Waals surface area contributed by atoms with E-state index in [0.717, 1.165) is 22.6 Å². The topological polar surface area (TPSA) is 36.9 Å². The molecule has 182 valence electrons. The van der Waals surface area contributed by atoms with Crippen molar-refractivity contribution in [2.45, 2.75) is 40.8 Å². The summed E-state index contributed by atoms with van der Waals surface area (Å²) in [6.07, 6.45) is 0. The van der Waals surface area contributed by atoms with Crippen molar-refractivity contribution in [3.63, 3.8) is 0 Å². The van der Waals surface area contributed by atoms with Crippen LogP contribution in [0.25, 0.3) is 0 Å². The average molecular weight is 497 g/mol. The second-order valence-electron chi connectivity index (χ2n) is 9.22. The van der Waals surface area contributed by atoms with Gasteiger partial charge in [-0.2, -0.15) is 0 Å². The lowest BCUT2D eigenvalue weighted by atomic mass is 10.1. The Balaban J connectivity index is 2.38. The van der Waals surface area contributed by atoms with Crippen LogP contribution in [0.4, 0.5) is 0 Å². The van der Waals surface area contributed by atoms with Gasteiger partial charge in [0.2, 0.25) is 0 Å². The molecule has 0 aromatic heterocycles. The molecule has 34 heavy (non-hydrogen) atoms. The molecule has 0 saturated carbocycles. The maximum atomic E-state index is 6.24. The number of hydrogen-bond donors (Lipinski definition) is 0. The minimum Gasteiger partial charge on any atom is -0.467 e. The van der Waals surface area contributed by atoms with Crippen LogP contribution in [0, 0.1) is 27.7 Å². The molecule has 0 aliphatic rings. The normalized spacial score (nSPS) is 11.7. The summed E-state index contributed by atoms with van der Waals surface area (Å²) < 4.78 is 23.1. The third kappa shape index (κ3) is 5.72. The molecule has 0 saturated heterocycles. The molecule has 3 aromatic carbocycles. The van der Waals surface area contributed by atoms with E-state index in [1.165, 1.54) is 26.9 Å². The molecule has 0 aliphatic heterocycles. The van der Waals surface area contributed by atoms with Gasteiger partial charge in [-0.25, -0.2) is 0 Å². The number of aryl methyl sites for hydroxylation is 4. The van der Waals surface area contributed by atoms with Crippen LogP contribution in [0.1, 0.15) is 22.3 Å². The average Bonchev–Trinajstić information content (AvgIpc) is 2.78. The largest absolute Gasteiger partial charge is 0.467 e. The predicted molar refractivity (Wildman–Crippen MR) is 147 cm³/mol. The lowest BCUT2D eigenvalue weighted by molar-refractivity contribution is 0.0514. The molecule has 6 heteroatoms. The van der Waals surface area contributed by atoms with E-state index in [1.54, 1.807) is 14.2 Å². The Kier molecular flexibility index (Phi) is 8.94. The second-order valence-corrected chi connectivity index (χ2v) is 19.2. The first-order valence-corrected chi connectivity index (χ1v) is 16.7. The third-order valence-electron chi connectivity index (χ3n) is 5.96. The Morgan fingerprint density at radius 1 is 0.676 bits per heavy atom. The number of rotatable bonds is 10. The van der Waals surface area contributed by atoms with E-state index in [9.17, 15) is 0 Å². The van der Waals surface area contributed by atoms with Crippen molar-refractivity contribution in [3.05, 3.63) is 76.9 Å². The highest BCUT2D eigenvalue weighted by Gasteiger charge is 2.40. The zero-order valence-corrected chi connectivity index (χ0v) is 23.6. The van der Waals surface area contributed by atoms with Crippen LogP contribution in [-0.2, 0) is 9.47 Å². The minimum absolute atomic E-state index is 0.216. The summed E-state index contributed by atoms with van der Waals surface area (Å²) in [5.74, 6) is 1.85. The molecular weight excluding hydrogens is 459 g/mol. The van der Waals surface area contributed by atoms with Crippen LogP contribution in [0.5, 0.6) is 11.5 Å². The quantitative estimate of drug-likeness (QED) is 0.213. The molecule has 3 rings (SSSR count). The Hall–Kier alpha value is -2.17. The fraction of sp³-hybridized carbons (Fsp3) is 0.357. The van der Waals surface area contributed by atoms with Crippen molar-refractivity contribution < 1.29 is 18.9 Å². The van der Waals surface area contributed by atoms with E-state index in [4.69, 9.17) is 18.9 Å². The van der Waals surface area contributed by atoms with Gasteiger partial charge in [-0.05, 0) is 69.6 Å². The molecule has 0 N–H and O–H groups in total. The first-order valence-electron chi connectivity index (χ1n) is 11.5. The van der Waals surface area contributed by atoms with Crippen LogP contribution < -0.4 is 25.3 Å². The van der Waals surface area contributed by atoms with Crippen molar-refractivity contribution in [2.75, 3.05) is 27.8 Å². The smallest absolute Gasteiger partial charge is 0.188 e. The van der Waals surface area contributed by atoms with E-state index >= 15 is 0 Å². The highest BCUT2D eigenvalue weighted by Crippen LogP contribution is 2.50. The molecule has 0 fully saturated rings. The summed E-state index contributed by atoms with van der Waals surface area (Å²) in [6, 6.07) is 19.9. The molecule has 0 bridgehead atoms. The molecule has 0 unspecified atom stereocenters. The lowest BCUT2D eigenvalue weighted by Gasteiger charge is -2.37. The van der Waals surface area contributed by atoms with Gasteiger partial charge in [0.25, 0.3) is 0 Å². The molecule has 0 aliphatic carbocycles. The highest BCUT2D eigenvalue weighted by molar-refractivity contribution is 8.06. The van der Waals surface area contributed by atoms with Crippen LogP contribution in [0.2, 0.25) is 13.1 Å². The van der Waals surface area contributed by atoms with Gasteiger partial charge < -0.3 is 18.9 Å². The minimum atomic E-state index is -2.10. The second kappa shape index (κ2) is 11.5. The standard InChI is InChI=1S/C28H37O4PSi/c1-20-14-22(3)27(31-18-29-5)25(16-20)33(34(7,8)24-12-10-9-11-13-24)26-17-21(2)15-23(4)28(26)32-19-30-6/h9-17H,18-19H2,1-8H3. The molecule has 0 spiro atoms. The maximum absolute atomic E-state index is 6.24. The van der Waals surface area contributed by atoms with Crippen LogP contribution >= 0.6 is 7.47 Å². The van der Waals surface area contributed by atoms with E-state index in [1.807, 2.05) is 0 Å². The zero-order chi connectivity index (χ0) is 24.9. The number of methoxy groups -OCH3 is 2. The Bertz CT molecular complexity index is 1050. The zero-order valence-electron chi connectivity index (χ0n) is 21.7. The van der Waals surface area contributed by atoms with Crippen molar-refractivity contribution in [3.8, 4) is 11.5 Å². The van der Waals surface area contributed by atoms with Gasteiger partial charge in [0.15, 0.2) is 13.6 Å². The van der Waals surface area contributed by atoms with E-state index in [-0.39, 0.29) is 13.6 Å². The molecule has 0 radical (unpaired) electrons. The molecule has 3 aromatic rings. The van der Waals surface area contributed by atoms with Crippen molar-refractivity contribution in [1.82, 2.24) is 0 Å². The van der Waals surface area contributed by atoms with Gasteiger partial charge in [-0.15, -0.1) is 0 Å². The summed E-state index contributed by atoms with van der Waals surface area (Å²) in [4.78, 5) is 0. The summed E-state index contributed by atoms with van der Waals surface area (Å²) >= 11 is 0. The van der Waals surface area contributed by atoms with E-state index < -0.39 is 15.2 Å². The fourth-order valence-electron chi connectivity index (χ4n) is 4.51. The fourth-order valence-corrected chi connectivity index (χ4v) is 14.6. The first kappa shape index (κ1) is 26.4. The number of hydrogen-bond acceptors (Lipinski definition) is 4. The van der Waals surface area contributed by atoms with Gasteiger partial charge in [-0.3, -0.25) is 0 Å². The lowest BCUT2D eigenvalue weighted by Crippen LogP contribution is -2.45. The van der Waals surface area contributed by atoms with Crippen LogP contribution in [0.3, 0.4) is 0 Å². The molecular formula is C28H37O4PSi. The van der Waals surface area contributed by atoms with Crippen molar-refractivity contribution in [1.29, 1.82) is 0 Å². The number of benzene rings is 3. The summed E-state index contributed by atoms with van der Waals surface area (Å²) in [5.41, 5.74) is 4.71. The summed E-state index contributed by atoms with van der Waals surface area (Å²) in [5, 5.41) is 3.91. The Morgan fingerprint density at radius 2 is 1.12 bits per heavy atom. The molecule has 4 nitrogen and oxygen atoms in total. The molecule has 0 atom stereocenters. The summed E-state index contributed by atoms with van der Waals surface area (Å²) in [6.45, 7) is 13.9. The van der Waals surface area contributed by atoms with E-state index in [2.05, 4.69) is 95.4 Å². The van der Waals surface area contributed by atoms with Gasteiger partial charge in [0, 0.05) is 24.8 Å². The van der Waals surface area contributed by atoms with Gasteiger partial charge in [0.1, 0.15) is 19.2 Å². The van der Waals surface area contributed by atoms with Gasteiger partial charge in [-0.1, -0.05) is 60.7 Å². The number of ether oxygens (including phenoxy) is 4. The third-order valence-corrected chi connectivity index (χ3v) is 16.0. The predicted octanol–water partition coefficient (Wildman–Crippen LogP) is 5.43. The Morgan fingerprint density at radius 3 is 1.53 bits per heavy atom. The van der Waals surface area contributed by atoms with Crippen LogP contribution in [0.15, 0.2) is 54.6 Å². The monoisotopic (exact) mass is 496 g/mol. The molecule has 0 heterocycles. The Labute approximate surface area is 206 Å². The molecule has 0 amide bonds. The summed E-state index contributed by atoms with van der Waals surface area (Å²) in [7, 11) is 0.392. The van der Waals surface area contributed by atoms with Gasteiger partial charge in [0.05, 0.1) is 0 Å².